The molecule has 1 atom stereocenters. The van der Waals surface area contributed by atoms with Gasteiger partial charge in [0.05, 0.1) is 5.69 Å². The third kappa shape index (κ3) is 2.48. The Labute approximate surface area is 115 Å². The molecule has 1 fully saturated rings. The summed E-state index contributed by atoms with van der Waals surface area (Å²) in [6.07, 6.45) is 1.97. The quantitative estimate of drug-likeness (QED) is 0.632. The SMILES string of the molecule is CNC(=O)C1CCCN1c1ccc(N)cc1I. The number of rotatable bonds is 2. The van der Waals surface area contributed by atoms with Gasteiger partial charge in [0.1, 0.15) is 6.04 Å². The molecule has 1 aliphatic rings. The van der Waals surface area contributed by atoms with Crippen LogP contribution in [0.5, 0.6) is 0 Å². The first kappa shape index (κ1) is 12.5. The van der Waals surface area contributed by atoms with E-state index in [2.05, 4.69) is 32.8 Å². The Balaban J connectivity index is 2.29. The van der Waals surface area contributed by atoms with Crippen LogP contribution in [0.2, 0.25) is 0 Å². The normalized spacial score (nSPS) is 19.4. The second-order valence-electron chi connectivity index (χ2n) is 4.18. The number of carbonyl (C=O) groups excluding carboxylic acids is 1. The van der Waals surface area contributed by atoms with Gasteiger partial charge in [0.15, 0.2) is 0 Å². The first-order chi connectivity index (χ1) is 8.13. The molecule has 0 bridgehead atoms. The number of amides is 1. The molecule has 17 heavy (non-hydrogen) atoms. The minimum Gasteiger partial charge on any atom is -0.399 e. The molecule has 1 saturated heterocycles. The van der Waals surface area contributed by atoms with Gasteiger partial charge in [-0.15, -0.1) is 0 Å². The topological polar surface area (TPSA) is 58.4 Å². The van der Waals surface area contributed by atoms with E-state index in [1.807, 2.05) is 18.2 Å². The van der Waals surface area contributed by atoms with Crippen LogP contribution in [0.1, 0.15) is 12.8 Å². The molecule has 0 saturated carbocycles. The number of nitrogen functional groups attached to an aromatic ring is 1. The van der Waals surface area contributed by atoms with Gasteiger partial charge < -0.3 is 16.0 Å². The number of nitrogens with two attached hydrogens (primary N) is 1. The highest BCUT2D eigenvalue weighted by molar-refractivity contribution is 14.1. The molecule has 0 spiro atoms. The first-order valence-corrected chi connectivity index (χ1v) is 6.74. The number of nitrogens with one attached hydrogen (secondary N) is 1. The van der Waals surface area contributed by atoms with E-state index in [-0.39, 0.29) is 11.9 Å². The van der Waals surface area contributed by atoms with Crippen molar-refractivity contribution in [2.45, 2.75) is 18.9 Å². The second kappa shape index (κ2) is 5.12. The van der Waals surface area contributed by atoms with Crippen LogP contribution < -0.4 is 16.0 Å². The summed E-state index contributed by atoms with van der Waals surface area (Å²) in [5.74, 6) is 0.0927. The predicted molar refractivity (Wildman–Crippen MR) is 78.0 cm³/mol. The van der Waals surface area contributed by atoms with Gasteiger partial charge >= 0.3 is 0 Å². The number of hydrogen-bond donors (Lipinski definition) is 2. The van der Waals surface area contributed by atoms with Crippen LogP contribution in [0.3, 0.4) is 0 Å². The van der Waals surface area contributed by atoms with Gasteiger partial charge in [-0.1, -0.05) is 0 Å². The fraction of sp³-hybridized carbons (Fsp3) is 0.417. The number of halogens is 1. The highest BCUT2D eigenvalue weighted by Crippen LogP contribution is 2.30. The Hall–Kier alpha value is -0.980. The zero-order chi connectivity index (χ0) is 12.4. The summed E-state index contributed by atoms with van der Waals surface area (Å²) >= 11 is 2.27. The number of nitrogens with zero attached hydrogens (tertiary/aromatic N) is 1. The maximum absolute atomic E-state index is 11.8. The molecule has 0 radical (unpaired) electrons. The van der Waals surface area contributed by atoms with E-state index in [4.69, 9.17) is 5.73 Å². The zero-order valence-corrected chi connectivity index (χ0v) is 11.9. The van der Waals surface area contributed by atoms with Crippen LogP contribution in [0.25, 0.3) is 0 Å². The van der Waals surface area contributed by atoms with Crippen molar-refractivity contribution in [3.05, 3.63) is 21.8 Å². The fourth-order valence-electron chi connectivity index (χ4n) is 2.25. The molecule has 1 unspecified atom stereocenters. The summed E-state index contributed by atoms with van der Waals surface area (Å²) in [6.45, 7) is 0.929. The molecule has 1 aliphatic heterocycles. The van der Waals surface area contributed by atoms with Crippen molar-refractivity contribution in [3.63, 3.8) is 0 Å². The van der Waals surface area contributed by atoms with Crippen LogP contribution in [0.15, 0.2) is 18.2 Å². The van der Waals surface area contributed by atoms with E-state index in [0.717, 1.165) is 34.3 Å². The van der Waals surface area contributed by atoms with Gasteiger partial charge in [-0.2, -0.15) is 0 Å². The average molecular weight is 345 g/mol. The van der Waals surface area contributed by atoms with E-state index in [9.17, 15) is 4.79 Å². The molecular weight excluding hydrogens is 329 g/mol. The van der Waals surface area contributed by atoms with Crippen LogP contribution >= 0.6 is 22.6 Å². The van der Waals surface area contributed by atoms with Gasteiger partial charge in [-0.3, -0.25) is 4.79 Å². The molecule has 0 aromatic heterocycles. The Bertz CT molecular complexity index is 436. The fourth-order valence-corrected chi connectivity index (χ4v) is 3.10. The molecule has 2 rings (SSSR count). The van der Waals surface area contributed by atoms with Crippen molar-refractivity contribution in [3.8, 4) is 0 Å². The van der Waals surface area contributed by atoms with Crippen molar-refractivity contribution in [1.29, 1.82) is 0 Å². The summed E-state index contributed by atoms with van der Waals surface area (Å²) in [6, 6.07) is 5.78. The predicted octanol–water partition coefficient (Wildman–Crippen LogP) is 1.59. The third-order valence-electron chi connectivity index (χ3n) is 3.08. The summed E-state index contributed by atoms with van der Waals surface area (Å²) in [4.78, 5) is 14.0. The van der Waals surface area contributed by atoms with Crippen molar-refractivity contribution < 1.29 is 4.79 Å². The molecule has 4 nitrogen and oxygen atoms in total. The lowest BCUT2D eigenvalue weighted by Crippen LogP contribution is -2.42. The van der Waals surface area contributed by atoms with Crippen molar-refractivity contribution in [2.24, 2.45) is 0 Å². The lowest BCUT2D eigenvalue weighted by Gasteiger charge is -2.26. The van der Waals surface area contributed by atoms with E-state index in [1.54, 1.807) is 7.05 Å². The molecule has 3 N–H and O–H groups in total. The van der Waals surface area contributed by atoms with E-state index >= 15 is 0 Å². The molecule has 1 aromatic carbocycles. The Morgan fingerprint density at radius 3 is 3.00 bits per heavy atom. The van der Waals surface area contributed by atoms with Gasteiger partial charge in [-0.05, 0) is 53.6 Å². The maximum atomic E-state index is 11.8. The highest BCUT2D eigenvalue weighted by atomic mass is 127. The van der Waals surface area contributed by atoms with Gasteiger partial charge in [0.25, 0.3) is 0 Å². The summed E-state index contributed by atoms with van der Waals surface area (Å²) in [5.41, 5.74) is 7.61. The Morgan fingerprint density at radius 1 is 1.59 bits per heavy atom. The van der Waals surface area contributed by atoms with Crippen LogP contribution in [0.4, 0.5) is 11.4 Å². The van der Waals surface area contributed by atoms with E-state index in [0.29, 0.717) is 0 Å². The molecule has 1 amide bonds. The molecule has 5 heteroatoms. The lowest BCUT2D eigenvalue weighted by molar-refractivity contribution is -0.121. The van der Waals surface area contributed by atoms with Gasteiger partial charge in [0.2, 0.25) is 5.91 Å². The summed E-state index contributed by atoms with van der Waals surface area (Å²) < 4.78 is 1.10. The van der Waals surface area contributed by atoms with Crippen LogP contribution in [0, 0.1) is 3.57 Å². The highest BCUT2D eigenvalue weighted by Gasteiger charge is 2.30. The molecule has 1 heterocycles. The lowest BCUT2D eigenvalue weighted by atomic mass is 10.2. The third-order valence-corrected chi connectivity index (χ3v) is 3.95. The number of benzene rings is 1. The number of carbonyl (C=O) groups is 1. The van der Waals surface area contributed by atoms with Gasteiger partial charge in [-0.25, -0.2) is 0 Å². The zero-order valence-electron chi connectivity index (χ0n) is 9.74. The van der Waals surface area contributed by atoms with Crippen LogP contribution in [-0.4, -0.2) is 25.5 Å². The molecule has 1 aromatic rings. The smallest absolute Gasteiger partial charge is 0.242 e. The number of hydrogen-bond acceptors (Lipinski definition) is 3. The van der Waals surface area contributed by atoms with E-state index < -0.39 is 0 Å². The minimum atomic E-state index is -0.0443. The Kier molecular flexibility index (Phi) is 3.76. The minimum absolute atomic E-state index is 0.0443. The van der Waals surface area contributed by atoms with E-state index in [1.165, 1.54) is 0 Å². The van der Waals surface area contributed by atoms with Crippen molar-refractivity contribution >= 4 is 39.9 Å². The number of anilines is 2. The van der Waals surface area contributed by atoms with Crippen molar-refractivity contribution in [1.82, 2.24) is 5.32 Å². The molecular formula is C12H16IN3O. The second-order valence-corrected chi connectivity index (χ2v) is 5.34. The summed E-state index contributed by atoms with van der Waals surface area (Å²) in [5, 5.41) is 2.73. The van der Waals surface area contributed by atoms with Crippen LogP contribution in [-0.2, 0) is 4.79 Å². The molecule has 92 valence electrons. The molecule has 0 aliphatic carbocycles. The van der Waals surface area contributed by atoms with Crippen molar-refractivity contribution in [2.75, 3.05) is 24.2 Å². The maximum Gasteiger partial charge on any atom is 0.242 e. The largest absolute Gasteiger partial charge is 0.399 e. The first-order valence-electron chi connectivity index (χ1n) is 5.66. The number of likely N-dealkylation sites (N-methyl/N-ethyl adjacent to an activating group) is 1. The van der Waals surface area contributed by atoms with Gasteiger partial charge in [0, 0.05) is 22.8 Å². The monoisotopic (exact) mass is 345 g/mol. The Morgan fingerprint density at radius 2 is 2.35 bits per heavy atom. The average Bonchev–Trinajstić information content (AvgIpc) is 2.77. The summed E-state index contributed by atoms with van der Waals surface area (Å²) in [7, 11) is 1.69. The standard InChI is InChI=1S/C12H16IN3O/c1-15-12(17)11-3-2-6-16(11)10-5-4-8(14)7-9(10)13/h4-5,7,11H,2-3,6,14H2,1H3,(H,15,17).